The van der Waals surface area contributed by atoms with E-state index in [1.54, 1.807) is 0 Å². The van der Waals surface area contributed by atoms with Crippen molar-refractivity contribution in [3.05, 3.63) is 35.9 Å². The summed E-state index contributed by atoms with van der Waals surface area (Å²) in [5.41, 5.74) is 6.77. The van der Waals surface area contributed by atoms with Crippen LogP contribution in [0.1, 0.15) is 25.3 Å². The van der Waals surface area contributed by atoms with Gasteiger partial charge in [0, 0.05) is 13.1 Å². The summed E-state index contributed by atoms with van der Waals surface area (Å²) in [5.74, 6) is -0.141. The van der Waals surface area contributed by atoms with Crippen molar-refractivity contribution in [1.82, 2.24) is 4.90 Å². The molecule has 1 aromatic rings. The first-order chi connectivity index (χ1) is 10.1. The van der Waals surface area contributed by atoms with Crippen LogP contribution >= 0.6 is 0 Å². The monoisotopic (exact) mass is 289 g/mol. The van der Waals surface area contributed by atoms with Crippen LogP contribution in [-0.4, -0.2) is 34.9 Å². The van der Waals surface area contributed by atoms with Gasteiger partial charge in [-0.25, -0.2) is 0 Å². The molecule has 0 radical (unpaired) electrons. The van der Waals surface area contributed by atoms with Crippen molar-refractivity contribution in [2.75, 3.05) is 13.1 Å². The molecule has 0 aliphatic carbocycles. The molecule has 114 valence electrons. The second-order valence-corrected chi connectivity index (χ2v) is 5.80. The molecule has 1 fully saturated rings. The average Bonchev–Trinajstić information content (AvgIpc) is 2.52. The third-order valence-electron chi connectivity index (χ3n) is 4.02. The predicted octanol–water partition coefficient (Wildman–Crippen LogP) is 1.85. The van der Waals surface area contributed by atoms with E-state index in [1.807, 2.05) is 35.2 Å². The average molecular weight is 289 g/mol. The van der Waals surface area contributed by atoms with Crippen LogP contribution < -0.4 is 5.73 Å². The normalized spacial score (nSPS) is 21.1. The van der Waals surface area contributed by atoms with Crippen LogP contribution in [0.25, 0.3) is 0 Å². The molecule has 1 aliphatic heterocycles. The summed E-state index contributed by atoms with van der Waals surface area (Å²) < 4.78 is 0. The highest BCUT2D eigenvalue weighted by Crippen LogP contribution is 2.19. The fraction of sp³-hybridized carbons (Fsp3) is 0.500. The summed E-state index contributed by atoms with van der Waals surface area (Å²) in [6, 6.07) is 9.67. The minimum absolute atomic E-state index is 0.0120. The second-order valence-electron chi connectivity index (χ2n) is 5.80. The number of carbonyl (C=O) groups excluding carboxylic acids is 1. The minimum Gasteiger partial charge on any atom is -0.409 e. The molecule has 1 aromatic carbocycles. The maximum Gasteiger partial charge on any atom is 0.233 e. The van der Waals surface area contributed by atoms with E-state index in [2.05, 4.69) is 12.1 Å². The van der Waals surface area contributed by atoms with Gasteiger partial charge in [-0.15, -0.1) is 0 Å². The Morgan fingerprint density at radius 1 is 1.48 bits per heavy atom. The first-order valence-electron chi connectivity index (χ1n) is 7.42. The number of oxime groups is 1. The summed E-state index contributed by atoms with van der Waals surface area (Å²) >= 11 is 0. The fourth-order valence-corrected chi connectivity index (χ4v) is 2.85. The van der Waals surface area contributed by atoms with Gasteiger partial charge in [0.25, 0.3) is 0 Å². The zero-order valence-corrected chi connectivity index (χ0v) is 12.4. The number of likely N-dealkylation sites (tertiary alicyclic amines) is 1. The molecule has 1 aliphatic rings. The van der Waals surface area contributed by atoms with E-state index in [-0.39, 0.29) is 11.7 Å². The van der Waals surface area contributed by atoms with E-state index in [0.717, 1.165) is 31.5 Å². The van der Waals surface area contributed by atoms with Crippen LogP contribution in [0.3, 0.4) is 0 Å². The lowest BCUT2D eigenvalue weighted by atomic mass is 9.94. The maximum absolute atomic E-state index is 12.7. The Bertz CT molecular complexity index is 502. The van der Waals surface area contributed by atoms with Gasteiger partial charge in [0.2, 0.25) is 5.91 Å². The Balaban J connectivity index is 2.14. The Kier molecular flexibility index (Phi) is 5.20. The van der Waals surface area contributed by atoms with Gasteiger partial charge in [-0.3, -0.25) is 4.79 Å². The molecule has 1 saturated heterocycles. The highest BCUT2D eigenvalue weighted by Gasteiger charge is 2.30. The molecule has 0 aromatic heterocycles. The minimum atomic E-state index is -0.595. The number of piperidine rings is 1. The summed E-state index contributed by atoms with van der Waals surface area (Å²) in [4.78, 5) is 14.5. The molecule has 0 saturated carbocycles. The predicted molar refractivity (Wildman–Crippen MR) is 82.0 cm³/mol. The van der Waals surface area contributed by atoms with E-state index in [0.29, 0.717) is 12.3 Å². The van der Waals surface area contributed by atoms with Crippen molar-refractivity contribution in [1.29, 1.82) is 0 Å². The van der Waals surface area contributed by atoms with E-state index >= 15 is 0 Å². The number of hydrogen-bond donors (Lipinski definition) is 2. The molecule has 0 bridgehead atoms. The van der Waals surface area contributed by atoms with Crippen LogP contribution in [0.4, 0.5) is 0 Å². The highest BCUT2D eigenvalue weighted by molar-refractivity contribution is 6.02. The summed E-state index contributed by atoms with van der Waals surface area (Å²) in [5, 5.41) is 12.0. The Labute approximate surface area is 125 Å². The lowest BCUT2D eigenvalue weighted by Crippen LogP contribution is -2.46. The maximum atomic E-state index is 12.7. The lowest BCUT2D eigenvalue weighted by molar-refractivity contribution is -0.135. The van der Waals surface area contributed by atoms with E-state index in [9.17, 15) is 4.79 Å². The molecular weight excluding hydrogens is 266 g/mol. The van der Waals surface area contributed by atoms with Gasteiger partial charge in [-0.2, -0.15) is 0 Å². The molecule has 2 rings (SSSR count). The van der Waals surface area contributed by atoms with Gasteiger partial charge in [0.15, 0.2) is 5.84 Å². The van der Waals surface area contributed by atoms with Gasteiger partial charge < -0.3 is 15.8 Å². The van der Waals surface area contributed by atoms with Crippen molar-refractivity contribution >= 4 is 11.7 Å². The molecular formula is C16H23N3O2. The number of amides is 1. The van der Waals surface area contributed by atoms with Crippen LogP contribution in [0.2, 0.25) is 0 Å². The Hall–Kier alpha value is -2.04. The highest BCUT2D eigenvalue weighted by atomic mass is 16.4. The van der Waals surface area contributed by atoms with Gasteiger partial charge in [0.1, 0.15) is 5.92 Å². The lowest BCUT2D eigenvalue weighted by Gasteiger charge is -2.33. The standard InChI is InChI=1S/C16H23N3O2/c1-12-6-5-9-19(11-12)16(20)14(15(17)18-21)10-13-7-3-2-4-8-13/h2-4,7-8,12,14,21H,5-6,9-11H2,1H3,(H2,17,18). The number of benzene rings is 1. The number of nitrogens with zero attached hydrogens (tertiary/aromatic N) is 2. The number of nitrogens with two attached hydrogens (primary N) is 1. The molecule has 1 heterocycles. The van der Waals surface area contributed by atoms with Crippen molar-refractivity contribution < 1.29 is 10.0 Å². The van der Waals surface area contributed by atoms with Gasteiger partial charge >= 0.3 is 0 Å². The first-order valence-corrected chi connectivity index (χ1v) is 7.42. The van der Waals surface area contributed by atoms with Crippen LogP contribution in [0.15, 0.2) is 35.5 Å². The molecule has 5 nitrogen and oxygen atoms in total. The van der Waals surface area contributed by atoms with Crippen LogP contribution in [0, 0.1) is 11.8 Å². The van der Waals surface area contributed by atoms with E-state index in [4.69, 9.17) is 10.9 Å². The van der Waals surface area contributed by atoms with Crippen LogP contribution in [-0.2, 0) is 11.2 Å². The first kappa shape index (κ1) is 15.4. The number of carbonyl (C=O) groups is 1. The molecule has 0 spiro atoms. The van der Waals surface area contributed by atoms with Gasteiger partial charge in [-0.05, 0) is 30.7 Å². The summed E-state index contributed by atoms with van der Waals surface area (Å²) in [7, 11) is 0. The quantitative estimate of drug-likeness (QED) is 0.384. The van der Waals surface area contributed by atoms with Crippen molar-refractivity contribution in [3.63, 3.8) is 0 Å². The van der Waals surface area contributed by atoms with E-state index in [1.165, 1.54) is 0 Å². The zero-order chi connectivity index (χ0) is 15.2. The number of rotatable bonds is 4. The van der Waals surface area contributed by atoms with Gasteiger partial charge in [0.05, 0.1) is 0 Å². The molecule has 2 unspecified atom stereocenters. The smallest absolute Gasteiger partial charge is 0.233 e. The third-order valence-corrected chi connectivity index (χ3v) is 4.02. The number of hydrogen-bond acceptors (Lipinski definition) is 3. The largest absolute Gasteiger partial charge is 0.409 e. The Morgan fingerprint density at radius 2 is 2.19 bits per heavy atom. The van der Waals surface area contributed by atoms with Crippen molar-refractivity contribution in [2.24, 2.45) is 22.7 Å². The summed E-state index contributed by atoms with van der Waals surface area (Å²) in [6.07, 6.45) is 2.62. The van der Waals surface area contributed by atoms with Crippen molar-refractivity contribution in [2.45, 2.75) is 26.2 Å². The number of amidine groups is 1. The third kappa shape index (κ3) is 3.97. The fourth-order valence-electron chi connectivity index (χ4n) is 2.85. The molecule has 1 amide bonds. The molecule has 2 atom stereocenters. The second kappa shape index (κ2) is 7.11. The van der Waals surface area contributed by atoms with E-state index < -0.39 is 5.92 Å². The molecule has 5 heteroatoms. The SMILES string of the molecule is CC1CCCN(C(=O)C(Cc2ccccc2)C(N)=NO)C1. The molecule has 3 N–H and O–H groups in total. The molecule has 21 heavy (non-hydrogen) atoms. The van der Waals surface area contributed by atoms with Crippen molar-refractivity contribution in [3.8, 4) is 0 Å². The zero-order valence-electron chi connectivity index (χ0n) is 12.4. The van der Waals surface area contributed by atoms with Gasteiger partial charge in [-0.1, -0.05) is 42.4 Å². The van der Waals surface area contributed by atoms with Crippen LogP contribution in [0.5, 0.6) is 0 Å². The Morgan fingerprint density at radius 3 is 2.81 bits per heavy atom. The summed E-state index contributed by atoms with van der Waals surface area (Å²) in [6.45, 7) is 3.66. The topological polar surface area (TPSA) is 78.9 Å².